The van der Waals surface area contributed by atoms with E-state index in [4.69, 9.17) is 5.73 Å². The van der Waals surface area contributed by atoms with Crippen LogP contribution in [0.1, 0.15) is 38.2 Å². The molecular weight excluding hydrogens is 226 g/mol. The minimum Gasteiger partial charge on any atom is -0.329 e. The van der Waals surface area contributed by atoms with Gasteiger partial charge in [0.25, 0.3) is 0 Å². The Hall–Kier alpha value is -0.470. The van der Waals surface area contributed by atoms with Crippen molar-refractivity contribution in [2.75, 3.05) is 6.54 Å². The van der Waals surface area contributed by atoms with E-state index in [0.29, 0.717) is 4.75 Å². The summed E-state index contributed by atoms with van der Waals surface area (Å²) in [6.07, 6.45) is 5.19. The van der Waals surface area contributed by atoms with Crippen molar-refractivity contribution in [1.82, 2.24) is 0 Å². The van der Waals surface area contributed by atoms with Crippen LogP contribution in [-0.2, 0) is 0 Å². The van der Waals surface area contributed by atoms with E-state index in [1.54, 1.807) is 0 Å². The number of hydrogen-bond acceptors (Lipinski definition) is 2. The first-order chi connectivity index (χ1) is 8.13. The lowest BCUT2D eigenvalue weighted by Crippen LogP contribution is -2.37. The smallest absolute Gasteiger partial charge is 0.0329 e. The maximum absolute atomic E-state index is 6.04. The maximum atomic E-state index is 6.04. The third-order valence-corrected chi connectivity index (χ3v) is 5.43. The average Bonchev–Trinajstić information content (AvgIpc) is 2.35. The summed E-state index contributed by atoms with van der Waals surface area (Å²) in [5.74, 6) is 0.883. The Balaban J connectivity index is 2.06. The van der Waals surface area contributed by atoms with Gasteiger partial charge in [-0.15, -0.1) is 11.8 Å². The first-order valence-electron chi connectivity index (χ1n) is 6.59. The highest BCUT2D eigenvalue weighted by molar-refractivity contribution is 8.00. The monoisotopic (exact) mass is 249 g/mol. The van der Waals surface area contributed by atoms with Gasteiger partial charge in [-0.3, -0.25) is 0 Å². The van der Waals surface area contributed by atoms with E-state index < -0.39 is 0 Å². The van der Waals surface area contributed by atoms with Crippen LogP contribution < -0.4 is 5.73 Å². The van der Waals surface area contributed by atoms with E-state index in [2.05, 4.69) is 38.1 Å². The lowest BCUT2D eigenvalue weighted by Gasteiger charge is -2.38. The van der Waals surface area contributed by atoms with Gasteiger partial charge in [0.2, 0.25) is 0 Å². The molecule has 0 atom stereocenters. The van der Waals surface area contributed by atoms with Gasteiger partial charge in [0.15, 0.2) is 0 Å². The van der Waals surface area contributed by atoms with Crippen LogP contribution in [0.15, 0.2) is 29.2 Å². The summed E-state index contributed by atoms with van der Waals surface area (Å²) >= 11 is 2.00. The Morgan fingerprint density at radius 3 is 2.35 bits per heavy atom. The van der Waals surface area contributed by atoms with Crippen LogP contribution in [0.25, 0.3) is 0 Å². The standard InChI is InChI=1S/C15H23NS/c1-12-3-5-14(6-4-12)17-15(11-16)9-7-13(2)8-10-15/h3-6,13H,7-11,16H2,1-2H3. The number of benzene rings is 1. The molecule has 1 fully saturated rings. The molecule has 0 amide bonds. The number of aryl methyl sites for hydroxylation is 1. The predicted molar refractivity (Wildman–Crippen MR) is 76.5 cm³/mol. The van der Waals surface area contributed by atoms with E-state index >= 15 is 0 Å². The largest absolute Gasteiger partial charge is 0.329 e. The molecule has 0 unspecified atom stereocenters. The van der Waals surface area contributed by atoms with Crippen molar-refractivity contribution >= 4 is 11.8 Å². The van der Waals surface area contributed by atoms with Gasteiger partial charge in [-0.1, -0.05) is 24.6 Å². The maximum Gasteiger partial charge on any atom is 0.0329 e. The second-order valence-electron chi connectivity index (χ2n) is 5.48. The molecule has 1 nitrogen and oxygen atoms in total. The van der Waals surface area contributed by atoms with Crippen LogP contribution in [-0.4, -0.2) is 11.3 Å². The summed E-state index contributed by atoms with van der Waals surface area (Å²) < 4.78 is 0.293. The van der Waals surface area contributed by atoms with E-state index in [0.717, 1.165) is 12.5 Å². The molecule has 0 aromatic heterocycles. The summed E-state index contributed by atoms with van der Waals surface area (Å²) in [5, 5.41) is 0. The zero-order valence-corrected chi connectivity index (χ0v) is 11.7. The molecule has 2 rings (SSSR count). The number of thioether (sulfide) groups is 1. The average molecular weight is 249 g/mol. The van der Waals surface area contributed by atoms with Crippen LogP contribution in [0, 0.1) is 12.8 Å². The van der Waals surface area contributed by atoms with Gasteiger partial charge in [0.1, 0.15) is 0 Å². The Morgan fingerprint density at radius 1 is 1.24 bits per heavy atom. The molecule has 1 aromatic carbocycles. The van der Waals surface area contributed by atoms with Gasteiger partial charge in [-0.05, 0) is 50.7 Å². The molecule has 0 aliphatic heterocycles. The highest BCUT2D eigenvalue weighted by Gasteiger charge is 2.33. The second-order valence-corrected chi connectivity index (χ2v) is 7.03. The van der Waals surface area contributed by atoms with Gasteiger partial charge in [0.05, 0.1) is 0 Å². The summed E-state index contributed by atoms with van der Waals surface area (Å²) in [6.45, 7) is 5.30. The fourth-order valence-corrected chi connectivity index (χ4v) is 3.79. The first-order valence-corrected chi connectivity index (χ1v) is 7.41. The molecule has 1 aliphatic carbocycles. The Kier molecular flexibility index (Phi) is 4.16. The highest BCUT2D eigenvalue weighted by Crippen LogP contribution is 2.44. The molecular formula is C15H23NS. The molecule has 0 saturated heterocycles. The summed E-state index contributed by atoms with van der Waals surface area (Å²) in [7, 11) is 0. The lowest BCUT2D eigenvalue weighted by atomic mass is 9.82. The van der Waals surface area contributed by atoms with Crippen LogP contribution in [0.4, 0.5) is 0 Å². The number of nitrogens with two attached hydrogens (primary N) is 1. The lowest BCUT2D eigenvalue weighted by molar-refractivity contribution is 0.323. The van der Waals surface area contributed by atoms with Crippen molar-refractivity contribution in [3.05, 3.63) is 29.8 Å². The highest BCUT2D eigenvalue weighted by atomic mass is 32.2. The van der Waals surface area contributed by atoms with Crippen LogP contribution in [0.2, 0.25) is 0 Å². The molecule has 0 heterocycles. The normalized spacial score (nSPS) is 29.2. The SMILES string of the molecule is Cc1ccc(SC2(CN)CCC(C)CC2)cc1. The van der Waals surface area contributed by atoms with Crippen molar-refractivity contribution < 1.29 is 0 Å². The Bertz CT molecular complexity index is 350. The van der Waals surface area contributed by atoms with E-state index in [9.17, 15) is 0 Å². The topological polar surface area (TPSA) is 26.0 Å². The molecule has 0 bridgehead atoms. The fraction of sp³-hybridized carbons (Fsp3) is 0.600. The molecule has 1 aromatic rings. The summed E-state index contributed by atoms with van der Waals surface area (Å²) in [6, 6.07) is 8.85. The van der Waals surface area contributed by atoms with E-state index in [1.807, 2.05) is 11.8 Å². The predicted octanol–water partition coefficient (Wildman–Crippen LogP) is 3.99. The fourth-order valence-electron chi connectivity index (χ4n) is 2.49. The number of hydrogen-bond donors (Lipinski definition) is 1. The molecule has 94 valence electrons. The van der Waals surface area contributed by atoms with Crippen molar-refractivity contribution in [3.63, 3.8) is 0 Å². The van der Waals surface area contributed by atoms with Crippen molar-refractivity contribution in [1.29, 1.82) is 0 Å². The third-order valence-electron chi connectivity index (χ3n) is 3.91. The Labute approximate surface area is 109 Å². The van der Waals surface area contributed by atoms with Crippen LogP contribution in [0.3, 0.4) is 0 Å². The molecule has 1 aliphatic rings. The molecule has 2 N–H and O–H groups in total. The van der Waals surface area contributed by atoms with Crippen molar-refractivity contribution in [2.45, 2.75) is 49.2 Å². The molecule has 1 saturated carbocycles. The van der Waals surface area contributed by atoms with Gasteiger partial charge < -0.3 is 5.73 Å². The van der Waals surface area contributed by atoms with Gasteiger partial charge in [0, 0.05) is 16.2 Å². The van der Waals surface area contributed by atoms with Crippen LogP contribution in [0.5, 0.6) is 0 Å². The van der Waals surface area contributed by atoms with E-state index in [1.165, 1.54) is 36.1 Å². The van der Waals surface area contributed by atoms with Crippen molar-refractivity contribution in [3.8, 4) is 0 Å². The minimum absolute atomic E-state index is 0.293. The summed E-state index contributed by atoms with van der Waals surface area (Å²) in [4.78, 5) is 1.37. The first kappa shape index (κ1) is 13.0. The van der Waals surface area contributed by atoms with Crippen molar-refractivity contribution in [2.24, 2.45) is 11.7 Å². The quantitative estimate of drug-likeness (QED) is 0.876. The minimum atomic E-state index is 0.293. The Morgan fingerprint density at radius 2 is 1.82 bits per heavy atom. The molecule has 17 heavy (non-hydrogen) atoms. The third kappa shape index (κ3) is 3.26. The zero-order valence-electron chi connectivity index (χ0n) is 10.9. The van der Waals surface area contributed by atoms with Gasteiger partial charge in [-0.25, -0.2) is 0 Å². The molecule has 2 heteroatoms. The van der Waals surface area contributed by atoms with Gasteiger partial charge in [-0.2, -0.15) is 0 Å². The van der Waals surface area contributed by atoms with E-state index in [-0.39, 0.29) is 0 Å². The van der Waals surface area contributed by atoms with Gasteiger partial charge >= 0.3 is 0 Å². The second kappa shape index (κ2) is 5.45. The number of rotatable bonds is 3. The zero-order chi connectivity index (χ0) is 12.3. The van der Waals surface area contributed by atoms with Crippen LogP contribution >= 0.6 is 11.8 Å². The molecule has 0 radical (unpaired) electrons. The molecule has 0 spiro atoms. The summed E-state index contributed by atoms with van der Waals surface area (Å²) in [5.41, 5.74) is 7.37.